The Hall–Kier alpha value is -1.46. The minimum absolute atomic E-state index is 0.259. The van der Waals surface area contributed by atoms with Gasteiger partial charge in [0.2, 0.25) is 0 Å². The molecular formula is C13H18F3N3. The molecule has 3 nitrogen and oxygen atoms in total. The van der Waals surface area contributed by atoms with Crippen molar-refractivity contribution in [1.29, 1.82) is 0 Å². The van der Waals surface area contributed by atoms with E-state index >= 15 is 0 Å². The molecule has 0 amide bonds. The van der Waals surface area contributed by atoms with E-state index in [9.17, 15) is 13.2 Å². The van der Waals surface area contributed by atoms with Crippen molar-refractivity contribution in [2.45, 2.75) is 44.8 Å². The molecule has 0 saturated heterocycles. The molecule has 1 aromatic rings. The minimum Gasteiger partial charge on any atom is -0.370 e. The summed E-state index contributed by atoms with van der Waals surface area (Å²) in [5.74, 6) is 0.580. The number of hydrogen-bond donors (Lipinski definition) is 2. The standard InChI is InChI=1S/C13H18F3N3/c1-2-6-17-11-7-9(13(14,15)16)8-12(19-11)18-10-4-3-5-10/h7-8,10H,2-6H2,1H3,(H2,17,18,19). The van der Waals surface area contributed by atoms with Crippen molar-refractivity contribution in [2.75, 3.05) is 17.2 Å². The second kappa shape index (κ2) is 5.67. The van der Waals surface area contributed by atoms with Crippen molar-refractivity contribution in [3.05, 3.63) is 17.7 Å². The van der Waals surface area contributed by atoms with Gasteiger partial charge in [-0.2, -0.15) is 13.2 Å². The number of nitrogens with zero attached hydrogens (tertiary/aromatic N) is 1. The predicted molar refractivity (Wildman–Crippen MR) is 69.3 cm³/mol. The average Bonchev–Trinajstić information content (AvgIpc) is 2.30. The molecule has 1 heterocycles. The van der Waals surface area contributed by atoms with E-state index in [4.69, 9.17) is 0 Å². The average molecular weight is 273 g/mol. The molecule has 0 aromatic carbocycles. The first-order chi connectivity index (χ1) is 8.99. The highest BCUT2D eigenvalue weighted by Gasteiger charge is 2.32. The number of alkyl halides is 3. The van der Waals surface area contributed by atoms with Gasteiger partial charge in [0.1, 0.15) is 11.6 Å². The zero-order valence-electron chi connectivity index (χ0n) is 10.8. The van der Waals surface area contributed by atoms with Gasteiger partial charge in [-0.25, -0.2) is 4.98 Å². The number of halogens is 3. The molecule has 19 heavy (non-hydrogen) atoms. The normalized spacial score (nSPS) is 16.0. The first kappa shape index (κ1) is 14.0. The second-order valence-electron chi connectivity index (χ2n) is 4.82. The topological polar surface area (TPSA) is 37.0 Å². The summed E-state index contributed by atoms with van der Waals surface area (Å²) in [7, 11) is 0. The van der Waals surface area contributed by atoms with E-state index in [-0.39, 0.29) is 11.9 Å². The summed E-state index contributed by atoms with van der Waals surface area (Å²) in [4.78, 5) is 4.18. The Morgan fingerprint density at radius 3 is 2.47 bits per heavy atom. The highest BCUT2D eigenvalue weighted by molar-refractivity contribution is 5.50. The van der Waals surface area contributed by atoms with Crippen LogP contribution in [0.3, 0.4) is 0 Å². The molecule has 0 atom stereocenters. The number of hydrogen-bond acceptors (Lipinski definition) is 3. The fourth-order valence-electron chi connectivity index (χ4n) is 1.87. The predicted octanol–water partition coefficient (Wildman–Crippen LogP) is 3.89. The van der Waals surface area contributed by atoms with E-state index in [1.54, 1.807) is 0 Å². The van der Waals surface area contributed by atoms with Gasteiger partial charge in [0.25, 0.3) is 0 Å². The fraction of sp³-hybridized carbons (Fsp3) is 0.615. The van der Waals surface area contributed by atoms with E-state index in [0.29, 0.717) is 12.4 Å². The van der Waals surface area contributed by atoms with Crippen LogP contribution in [-0.4, -0.2) is 17.6 Å². The van der Waals surface area contributed by atoms with Crippen LogP contribution in [0.4, 0.5) is 24.8 Å². The summed E-state index contributed by atoms with van der Waals surface area (Å²) < 4.78 is 38.5. The quantitative estimate of drug-likeness (QED) is 0.854. The van der Waals surface area contributed by atoms with Crippen molar-refractivity contribution in [3.63, 3.8) is 0 Å². The maximum Gasteiger partial charge on any atom is 0.416 e. The Morgan fingerprint density at radius 2 is 1.95 bits per heavy atom. The third-order valence-electron chi connectivity index (χ3n) is 3.17. The van der Waals surface area contributed by atoms with Crippen LogP contribution in [0.1, 0.15) is 38.2 Å². The lowest BCUT2D eigenvalue weighted by molar-refractivity contribution is -0.137. The van der Waals surface area contributed by atoms with Gasteiger partial charge < -0.3 is 10.6 Å². The lowest BCUT2D eigenvalue weighted by Gasteiger charge is -2.27. The van der Waals surface area contributed by atoms with E-state index in [2.05, 4.69) is 15.6 Å². The number of pyridine rings is 1. The van der Waals surface area contributed by atoms with E-state index in [1.807, 2.05) is 6.92 Å². The van der Waals surface area contributed by atoms with Gasteiger partial charge in [0.05, 0.1) is 5.56 Å². The molecule has 0 unspecified atom stereocenters. The van der Waals surface area contributed by atoms with Crippen molar-refractivity contribution in [1.82, 2.24) is 4.98 Å². The van der Waals surface area contributed by atoms with Gasteiger partial charge in [0.15, 0.2) is 0 Å². The van der Waals surface area contributed by atoms with Crippen LogP contribution in [0.5, 0.6) is 0 Å². The third-order valence-corrected chi connectivity index (χ3v) is 3.17. The molecule has 1 aromatic heterocycles. The zero-order chi connectivity index (χ0) is 13.9. The maximum absolute atomic E-state index is 12.8. The van der Waals surface area contributed by atoms with Gasteiger partial charge in [-0.05, 0) is 37.8 Å². The highest BCUT2D eigenvalue weighted by Crippen LogP contribution is 2.33. The van der Waals surface area contributed by atoms with Gasteiger partial charge in [0, 0.05) is 12.6 Å². The summed E-state index contributed by atoms with van der Waals surface area (Å²) in [6.45, 7) is 2.56. The molecule has 0 aliphatic heterocycles. The molecule has 2 N–H and O–H groups in total. The fourth-order valence-corrected chi connectivity index (χ4v) is 1.87. The van der Waals surface area contributed by atoms with E-state index in [1.165, 1.54) is 0 Å². The van der Waals surface area contributed by atoms with Crippen LogP contribution in [0.2, 0.25) is 0 Å². The van der Waals surface area contributed by atoms with Crippen molar-refractivity contribution in [2.24, 2.45) is 0 Å². The molecule has 6 heteroatoms. The van der Waals surface area contributed by atoms with Gasteiger partial charge >= 0.3 is 6.18 Å². The number of anilines is 2. The largest absolute Gasteiger partial charge is 0.416 e. The summed E-state index contributed by atoms with van der Waals surface area (Å²) in [6, 6.07) is 2.40. The van der Waals surface area contributed by atoms with Crippen LogP contribution < -0.4 is 10.6 Å². The molecule has 2 rings (SSSR count). The molecule has 0 spiro atoms. The van der Waals surface area contributed by atoms with Gasteiger partial charge in [-0.15, -0.1) is 0 Å². The molecule has 0 radical (unpaired) electrons. The van der Waals surface area contributed by atoms with Crippen LogP contribution in [0.25, 0.3) is 0 Å². The molecular weight excluding hydrogens is 255 g/mol. The Balaban J connectivity index is 2.19. The Morgan fingerprint density at radius 1 is 1.26 bits per heavy atom. The van der Waals surface area contributed by atoms with Crippen molar-refractivity contribution in [3.8, 4) is 0 Å². The lowest BCUT2D eigenvalue weighted by atomic mass is 9.93. The van der Waals surface area contributed by atoms with Crippen molar-refractivity contribution >= 4 is 11.6 Å². The molecule has 1 aliphatic carbocycles. The van der Waals surface area contributed by atoms with Crippen molar-refractivity contribution < 1.29 is 13.2 Å². The van der Waals surface area contributed by atoms with E-state index in [0.717, 1.165) is 37.8 Å². The number of rotatable bonds is 5. The van der Waals surface area contributed by atoms with Crippen LogP contribution in [0, 0.1) is 0 Å². The first-order valence-corrected chi connectivity index (χ1v) is 6.58. The summed E-state index contributed by atoms with van der Waals surface area (Å²) >= 11 is 0. The molecule has 1 fully saturated rings. The third kappa shape index (κ3) is 3.75. The monoisotopic (exact) mass is 273 g/mol. The number of aromatic nitrogens is 1. The molecule has 106 valence electrons. The maximum atomic E-state index is 12.8. The van der Waals surface area contributed by atoms with Crippen LogP contribution in [-0.2, 0) is 6.18 Å². The smallest absolute Gasteiger partial charge is 0.370 e. The minimum atomic E-state index is -4.35. The first-order valence-electron chi connectivity index (χ1n) is 6.58. The van der Waals surface area contributed by atoms with Gasteiger partial charge in [-0.3, -0.25) is 0 Å². The Labute approximate surface area is 110 Å². The summed E-state index contributed by atoms with van der Waals surface area (Å²) in [5.41, 5.74) is -0.664. The zero-order valence-corrected chi connectivity index (χ0v) is 10.8. The SMILES string of the molecule is CCCNc1cc(C(F)(F)F)cc(NC2CCC2)n1. The Kier molecular flexibility index (Phi) is 4.17. The molecule has 1 aliphatic rings. The van der Waals surface area contributed by atoms with Gasteiger partial charge in [-0.1, -0.05) is 6.92 Å². The number of nitrogens with one attached hydrogen (secondary N) is 2. The second-order valence-corrected chi connectivity index (χ2v) is 4.82. The summed E-state index contributed by atoms with van der Waals surface area (Å²) in [6.07, 6.45) is -0.395. The molecule has 1 saturated carbocycles. The van der Waals surface area contributed by atoms with Crippen LogP contribution in [0.15, 0.2) is 12.1 Å². The van der Waals surface area contributed by atoms with E-state index < -0.39 is 11.7 Å². The summed E-state index contributed by atoms with van der Waals surface area (Å²) in [5, 5.41) is 5.96. The molecule has 0 bridgehead atoms. The lowest BCUT2D eigenvalue weighted by Crippen LogP contribution is -2.27. The Bertz CT molecular complexity index is 428. The van der Waals surface area contributed by atoms with Crippen LogP contribution >= 0.6 is 0 Å². The highest BCUT2D eigenvalue weighted by atomic mass is 19.4.